The molecule has 1 aliphatic heterocycles. The molecule has 1 aliphatic rings. The first-order valence-electron chi connectivity index (χ1n) is 11.3. The first-order valence-corrected chi connectivity index (χ1v) is 11.3. The molecule has 0 spiro atoms. The maximum absolute atomic E-state index is 13.2. The lowest BCUT2D eigenvalue weighted by Gasteiger charge is -2.35. The van der Waals surface area contributed by atoms with Crippen LogP contribution in [0.5, 0.6) is 5.75 Å². The molecule has 3 aromatic heterocycles. The molecule has 5 rings (SSSR count). The number of hydrogen-bond donors (Lipinski definition) is 1. The molecule has 1 fully saturated rings. The van der Waals surface area contributed by atoms with Gasteiger partial charge in [-0.1, -0.05) is 6.07 Å². The van der Waals surface area contributed by atoms with Crippen molar-refractivity contribution < 1.29 is 9.53 Å². The average molecular weight is 486 g/mol. The van der Waals surface area contributed by atoms with Crippen molar-refractivity contribution in [2.24, 2.45) is 0 Å². The van der Waals surface area contributed by atoms with Crippen LogP contribution in [0.2, 0.25) is 0 Å². The number of amides is 1. The number of aromatic amines is 1. The zero-order valence-corrected chi connectivity index (χ0v) is 19.5. The highest BCUT2D eigenvalue weighted by atomic mass is 16.5. The van der Waals surface area contributed by atoms with Gasteiger partial charge in [0.05, 0.1) is 18.5 Å². The fourth-order valence-electron chi connectivity index (χ4n) is 4.05. The number of anilines is 1. The maximum Gasteiger partial charge on any atom is 0.333 e. The van der Waals surface area contributed by atoms with Crippen LogP contribution < -0.4 is 20.9 Å². The van der Waals surface area contributed by atoms with Crippen LogP contribution in [0.3, 0.4) is 0 Å². The van der Waals surface area contributed by atoms with Gasteiger partial charge in [0.1, 0.15) is 17.0 Å². The Labute approximate surface area is 205 Å². The monoisotopic (exact) mass is 485 g/mol. The molecule has 1 amide bonds. The SMILES string of the molecule is COc1ccc(-n2c(=O)[nH]cc(C(=O)N3CCN(c4ccc(-c5ccccn5)nn4)CC3)c2=O)cc1. The van der Waals surface area contributed by atoms with Crippen LogP contribution in [0.1, 0.15) is 10.4 Å². The van der Waals surface area contributed by atoms with Gasteiger partial charge in [-0.15, -0.1) is 10.2 Å². The third-order valence-corrected chi connectivity index (χ3v) is 6.01. The number of pyridine rings is 1. The number of nitrogens with one attached hydrogen (secondary N) is 1. The standard InChI is InChI=1S/C25H23N7O4/c1-36-18-7-5-17(6-8-18)32-24(34)19(16-27-25(32)35)23(33)31-14-12-30(13-15-31)22-10-9-21(28-29-22)20-4-2-3-11-26-20/h2-11,16H,12-15H2,1H3,(H,27,35). The van der Waals surface area contributed by atoms with Crippen LogP contribution in [0.25, 0.3) is 17.1 Å². The summed E-state index contributed by atoms with van der Waals surface area (Å²) in [6.07, 6.45) is 2.89. The summed E-state index contributed by atoms with van der Waals surface area (Å²) in [5.74, 6) is 0.854. The van der Waals surface area contributed by atoms with E-state index in [0.29, 0.717) is 49.1 Å². The van der Waals surface area contributed by atoms with Gasteiger partial charge in [0.2, 0.25) is 0 Å². The Morgan fingerprint density at radius 1 is 0.917 bits per heavy atom. The van der Waals surface area contributed by atoms with Crippen molar-refractivity contribution >= 4 is 11.7 Å². The summed E-state index contributed by atoms with van der Waals surface area (Å²) in [5.41, 5.74) is 0.367. The topological polar surface area (TPSA) is 126 Å². The van der Waals surface area contributed by atoms with Gasteiger partial charge in [0.15, 0.2) is 5.82 Å². The summed E-state index contributed by atoms with van der Waals surface area (Å²) in [6, 6.07) is 15.8. The van der Waals surface area contributed by atoms with E-state index in [-0.39, 0.29) is 5.56 Å². The lowest BCUT2D eigenvalue weighted by atomic mass is 10.2. The molecule has 11 heteroatoms. The second-order valence-electron chi connectivity index (χ2n) is 8.12. The Hall–Kier alpha value is -4.80. The second kappa shape index (κ2) is 9.82. The van der Waals surface area contributed by atoms with Gasteiger partial charge in [0, 0.05) is 38.6 Å². The third kappa shape index (κ3) is 4.45. The average Bonchev–Trinajstić information content (AvgIpc) is 2.94. The Bertz CT molecular complexity index is 1470. The Morgan fingerprint density at radius 3 is 2.33 bits per heavy atom. The summed E-state index contributed by atoms with van der Waals surface area (Å²) < 4.78 is 6.07. The quantitative estimate of drug-likeness (QED) is 0.449. The fraction of sp³-hybridized carbons (Fsp3) is 0.200. The van der Waals surface area contributed by atoms with E-state index in [1.165, 1.54) is 13.3 Å². The number of rotatable bonds is 5. The van der Waals surface area contributed by atoms with E-state index in [4.69, 9.17) is 4.74 Å². The molecule has 0 aliphatic carbocycles. The van der Waals surface area contributed by atoms with Crippen molar-refractivity contribution in [3.05, 3.63) is 93.4 Å². The van der Waals surface area contributed by atoms with Gasteiger partial charge in [0.25, 0.3) is 11.5 Å². The van der Waals surface area contributed by atoms with Crippen LogP contribution in [-0.4, -0.2) is 68.8 Å². The molecule has 36 heavy (non-hydrogen) atoms. The molecule has 182 valence electrons. The largest absolute Gasteiger partial charge is 0.497 e. The van der Waals surface area contributed by atoms with Crippen LogP contribution >= 0.6 is 0 Å². The van der Waals surface area contributed by atoms with Gasteiger partial charge in [-0.3, -0.25) is 14.6 Å². The van der Waals surface area contributed by atoms with E-state index in [1.54, 1.807) is 35.4 Å². The van der Waals surface area contributed by atoms with Gasteiger partial charge >= 0.3 is 5.69 Å². The number of carbonyl (C=O) groups is 1. The number of methoxy groups -OCH3 is 1. The molecule has 0 radical (unpaired) electrons. The second-order valence-corrected chi connectivity index (χ2v) is 8.12. The fourth-order valence-corrected chi connectivity index (χ4v) is 4.05. The third-order valence-electron chi connectivity index (χ3n) is 6.01. The van der Waals surface area contributed by atoms with Gasteiger partial charge in [-0.2, -0.15) is 0 Å². The molecule has 0 atom stereocenters. The molecular weight excluding hydrogens is 462 g/mol. The van der Waals surface area contributed by atoms with Crippen molar-refractivity contribution in [1.82, 2.24) is 29.6 Å². The predicted molar refractivity (Wildman–Crippen MR) is 133 cm³/mol. The molecule has 1 N–H and O–H groups in total. The Kier molecular flexibility index (Phi) is 6.27. The number of hydrogen-bond acceptors (Lipinski definition) is 8. The van der Waals surface area contributed by atoms with E-state index in [1.807, 2.05) is 35.2 Å². The zero-order chi connectivity index (χ0) is 25.1. The molecule has 1 saturated heterocycles. The lowest BCUT2D eigenvalue weighted by Crippen LogP contribution is -2.50. The highest BCUT2D eigenvalue weighted by molar-refractivity contribution is 5.93. The van der Waals surface area contributed by atoms with Crippen molar-refractivity contribution in [1.29, 1.82) is 0 Å². The maximum atomic E-state index is 13.2. The zero-order valence-electron chi connectivity index (χ0n) is 19.5. The van der Waals surface area contributed by atoms with Crippen molar-refractivity contribution in [3.63, 3.8) is 0 Å². The number of H-pyrrole nitrogens is 1. The summed E-state index contributed by atoms with van der Waals surface area (Å²) in [4.78, 5) is 49.1. The van der Waals surface area contributed by atoms with Crippen LogP contribution in [0, 0.1) is 0 Å². The Balaban J connectivity index is 1.29. The smallest absolute Gasteiger partial charge is 0.333 e. The van der Waals surface area contributed by atoms with E-state index >= 15 is 0 Å². The van der Waals surface area contributed by atoms with E-state index in [2.05, 4.69) is 20.2 Å². The summed E-state index contributed by atoms with van der Waals surface area (Å²) in [5, 5.41) is 8.59. The minimum Gasteiger partial charge on any atom is -0.497 e. The molecule has 4 heterocycles. The molecule has 0 saturated carbocycles. The van der Waals surface area contributed by atoms with E-state index < -0.39 is 17.2 Å². The highest BCUT2D eigenvalue weighted by Gasteiger charge is 2.26. The molecule has 0 bridgehead atoms. The number of benzene rings is 1. The van der Waals surface area contributed by atoms with E-state index in [0.717, 1.165) is 10.3 Å². The van der Waals surface area contributed by atoms with E-state index in [9.17, 15) is 14.4 Å². The minimum atomic E-state index is -0.674. The number of carbonyl (C=O) groups excluding carboxylic acids is 1. The molecule has 4 aromatic rings. The Morgan fingerprint density at radius 2 is 1.69 bits per heavy atom. The van der Waals surface area contributed by atoms with Gasteiger partial charge in [-0.05, 0) is 48.5 Å². The summed E-state index contributed by atoms with van der Waals surface area (Å²) in [7, 11) is 1.52. The minimum absolute atomic E-state index is 0.0987. The lowest BCUT2D eigenvalue weighted by molar-refractivity contribution is 0.0743. The molecule has 11 nitrogen and oxygen atoms in total. The van der Waals surface area contributed by atoms with Gasteiger partial charge < -0.3 is 19.5 Å². The number of piperazine rings is 1. The van der Waals surface area contributed by atoms with Gasteiger partial charge in [-0.25, -0.2) is 9.36 Å². The van der Waals surface area contributed by atoms with Crippen LogP contribution in [-0.2, 0) is 0 Å². The van der Waals surface area contributed by atoms with Crippen molar-refractivity contribution in [3.8, 4) is 22.8 Å². The number of ether oxygens (including phenoxy) is 1. The molecule has 0 unspecified atom stereocenters. The molecular formula is C25H23N7O4. The first kappa shape index (κ1) is 23.0. The molecule has 1 aromatic carbocycles. The first-order chi connectivity index (χ1) is 17.5. The highest BCUT2D eigenvalue weighted by Crippen LogP contribution is 2.18. The summed E-state index contributed by atoms with van der Waals surface area (Å²) in [6.45, 7) is 1.84. The van der Waals surface area contributed by atoms with Crippen molar-refractivity contribution in [2.75, 3.05) is 38.2 Å². The number of aromatic nitrogens is 5. The number of nitrogens with zero attached hydrogens (tertiary/aromatic N) is 6. The normalized spacial score (nSPS) is 13.5. The van der Waals surface area contributed by atoms with Crippen molar-refractivity contribution in [2.45, 2.75) is 0 Å². The summed E-state index contributed by atoms with van der Waals surface area (Å²) >= 11 is 0. The van der Waals surface area contributed by atoms with Crippen LogP contribution in [0.15, 0.2) is 76.6 Å². The predicted octanol–water partition coefficient (Wildman–Crippen LogP) is 1.35. The van der Waals surface area contributed by atoms with Crippen LogP contribution in [0.4, 0.5) is 5.82 Å².